The summed E-state index contributed by atoms with van der Waals surface area (Å²) in [5.41, 5.74) is -1.28. The highest BCUT2D eigenvalue weighted by atomic mass is 19.4. The van der Waals surface area contributed by atoms with E-state index >= 15 is 0 Å². The van der Waals surface area contributed by atoms with Crippen molar-refractivity contribution in [2.75, 3.05) is 0 Å². The van der Waals surface area contributed by atoms with Crippen molar-refractivity contribution in [2.45, 2.75) is 6.36 Å². The van der Waals surface area contributed by atoms with Crippen LogP contribution >= 0.6 is 0 Å². The van der Waals surface area contributed by atoms with Crippen LogP contribution in [0.5, 0.6) is 5.75 Å². The Balaban J connectivity index is 2.57. The van der Waals surface area contributed by atoms with Crippen molar-refractivity contribution in [3.8, 4) is 16.9 Å². The minimum Gasteiger partial charge on any atom is -0.477 e. The molecule has 0 aliphatic rings. The van der Waals surface area contributed by atoms with Crippen molar-refractivity contribution in [3.05, 3.63) is 58.1 Å². The molecule has 0 spiro atoms. The number of carboxylic acid groups (broad SMARTS) is 1. The number of hydrogen-bond acceptors (Lipinski definition) is 4. The van der Waals surface area contributed by atoms with Gasteiger partial charge in [-0.2, -0.15) is 0 Å². The number of aromatic carboxylic acids is 1. The van der Waals surface area contributed by atoms with Gasteiger partial charge in [0.15, 0.2) is 0 Å². The highest BCUT2D eigenvalue weighted by molar-refractivity contribution is 5.94. The van der Waals surface area contributed by atoms with E-state index in [1.54, 1.807) is 0 Å². The van der Waals surface area contributed by atoms with Crippen molar-refractivity contribution in [3.63, 3.8) is 0 Å². The van der Waals surface area contributed by atoms with Crippen molar-refractivity contribution < 1.29 is 32.7 Å². The zero-order valence-electron chi connectivity index (χ0n) is 11.2. The summed E-state index contributed by atoms with van der Waals surface area (Å²) >= 11 is 0. The number of rotatable bonds is 4. The number of para-hydroxylation sites is 1. The predicted octanol–water partition coefficient (Wildman–Crippen LogP) is 3.86. The van der Waals surface area contributed by atoms with Crippen LogP contribution in [0.3, 0.4) is 0 Å². The van der Waals surface area contributed by atoms with Crippen molar-refractivity contribution in [1.29, 1.82) is 0 Å². The Kier molecular flexibility index (Phi) is 4.21. The topological polar surface area (TPSA) is 89.7 Å². The van der Waals surface area contributed by atoms with Gasteiger partial charge in [0.2, 0.25) is 0 Å². The van der Waals surface area contributed by atoms with Crippen LogP contribution in [0.25, 0.3) is 11.1 Å². The first-order valence-electron chi connectivity index (χ1n) is 6.06. The fourth-order valence-corrected chi connectivity index (χ4v) is 1.95. The smallest absolute Gasteiger partial charge is 0.477 e. The van der Waals surface area contributed by atoms with Gasteiger partial charge in [0.25, 0.3) is 5.69 Å². The van der Waals surface area contributed by atoms with E-state index in [4.69, 9.17) is 5.11 Å². The lowest BCUT2D eigenvalue weighted by Crippen LogP contribution is -2.17. The molecule has 0 fully saturated rings. The normalized spacial score (nSPS) is 11.1. The van der Waals surface area contributed by atoms with E-state index in [2.05, 4.69) is 4.74 Å². The number of carbonyl (C=O) groups is 1. The summed E-state index contributed by atoms with van der Waals surface area (Å²) in [5, 5.41) is 19.8. The molecule has 0 amide bonds. The summed E-state index contributed by atoms with van der Waals surface area (Å²) in [5.74, 6) is -2.10. The third-order valence-corrected chi connectivity index (χ3v) is 2.85. The van der Waals surface area contributed by atoms with Crippen LogP contribution in [-0.2, 0) is 0 Å². The third-order valence-electron chi connectivity index (χ3n) is 2.85. The first kappa shape index (κ1) is 16.3. The minimum absolute atomic E-state index is 0.0396. The van der Waals surface area contributed by atoms with Gasteiger partial charge >= 0.3 is 12.3 Å². The van der Waals surface area contributed by atoms with Gasteiger partial charge in [-0.3, -0.25) is 10.1 Å². The zero-order chi connectivity index (χ0) is 17.2. The van der Waals surface area contributed by atoms with Crippen molar-refractivity contribution >= 4 is 11.7 Å². The molecular weight excluding hydrogens is 319 g/mol. The molecule has 0 saturated heterocycles. The molecule has 0 unspecified atom stereocenters. The number of carboxylic acids is 1. The molecule has 23 heavy (non-hydrogen) atoms. The number of nitro groups is 1. The molecule has 2 aromatic carbocycles. The fraction of sp³-hybridized carbons (Fsp3) is 0.0714. The van der Waals surface area contributed by atoms with Gasteiger partial charge in [0.1, 0.15) is 11.3 Å². The van der Waals surface area contributed by atoms with E-state index in [9.17, 15) is 28.1 Å². The molecule has 0 radical (unpaired) electrons. The molecule has 0 aromatic heterocycles. The van der Waals surface area contributed by atoms with Gasteiger partial charge in [0.05, 0.1) is 4.92 Å². The number of benzene rings is 2. The molecule has 0 aliphatic heterocycles. The van der Waals surface area contributed by atoms with Gasteiger partial charge in [0, 0.05) is 11.6 Å². The average Bonchev–Trinajstić information content (AvgIpc) is 2.45. The van der Waals surface area contributed by atoms with Gasteiger partial charge < -0.3 is 9.84 Å². The van der Waals surface area contributed by atoms with Crippen LogP contribution in [0.4, 0.5) is 18.9 Å². The first-order chi connectivity index (χ1) is 10.7. The predicted molar refractivity (Wildman–Crippen MR) is 72.2 cm³/mol. The summed E-state index contributed by atoms with van der Waals surface area (Å²) < 4.78 is 41.1. The van der Waals surface area contributed by atoms with Crippen LogP contribution in [0.1, 0.15) is 10.4 Å². The van der Waals surface area contributed by atoms with E-state index in [-0.39, 0.29) is 11.1 Å². The number of nitrogens with zero attached hydrogens (tertiary/aromatic N) is 1. The molecule has 0 aliphatic carbocycles. The number of alkyl halides is 3. The van der Waals surface area contributed by atoms with E-state index in [0.717, 1.165) is 24.3 Å². The SMILES string of the molecule is O=C(O)c1cc(-c2ccccc2OC(F)(F)F)ccc1[N+](=O)[O-]. The second kappa shape index (κ2) is 5.95. The molecule has 9 heteroatoms. The highest BCUT2D eigenvalue weighted by Crippen LogP contribution is 2.35. The summed E-state index contributed by atoms with van der Waals surface area (Å²) in [6.45, 7) is 0. The molecule has 0 heterocycles. The Hall–Kier alpha value is -3.10. The average molecular weight is 327 g/mol. The van der Waals surface area contributed by atoms with Crippen LogP contribution in [0.2, 0.25) is 0 Å². The summed E-state index contributed by atoms with van der Waals surface area (Å²) in [7, 11) is 0. The van der Waals surface area contributed by atoms with E-state index in [1.807, 2.05) is 0 Å². The second-order valence-electron chi connectivity index (χ2n) is 4.34. The van der Waals surface area contributed by atoms with Crippen LogP contribution in [0.15, 0.2) is 42.5 Å². The molecule has 1 N–H and O–H groups in total. The van der Waals surface area contributed by atoms with Gasteiger partial charge in [-0.05, 0) is 23.8 Å². The molecule has 6 nitrogen and oxygen atoms in total. The standard InChI is InChI=1S/C14H8F3NO5/c15-14(16,17)23-12-4-2-1-3-9(12)8-5-6-11(18(21)22)10(7-8)13(19)20/h1-7H,(H,19,20). The van der Waals surface area contributed by atoms with E-state index in [1.165, 1.54) is 18.2 Å². The Labute approximate surface area is 126 Å². The molecule has 0 atom stereocenters. The molecule has 2 aromatic rings. The first-order valence-corrected chi connectivity index (χ1v) is 6.06. The van der Waals surface area contributed by atoms with Crippen molar-refractivity contribution in [2.24, 2.45) is 0 Å². The zero-order valence-corrected chi connectivity index (χ0v) is 11.2. The Morgan fingerprint density at radius 3 is 2.39 bits per heavy atom. The number of hydrogen-bond donors (Lipinski definition) is 1. The number of ether oxygens (including phenoxy) is 1. The Bertz CT molecular complexity index is 773. The van der Waals surface area contributed by atoms with E-state index in [0.29, 0.717) is 0 Å². The lowest BCUT2D eigenvalue weighted by Gasteiger charge is -2.13. The minimum atomic E-state index is -4.92. The quantitative estimate of drug-likeness (QED) is 0.680. The maximum absolute atomic E-state index is 12.4. The third kappa shape index (κ3) is 3.76. The maximum atomic E-state index is 12.4. The Morgan fingerprint density at radius 1 is 1.17 bits per heavy atom. The van der Waals surface area contributed by atoms with Crippen molar-refractivity contribution in [1.82, 2.24) is 0 Å². The number of nitro benzene ring substituents is 1. The fourth-order valence-electron chi connectivity index (χ4n) is 1.95. The van der Waals surface area contributed by atoms with Gasteiger partial charge in [-0.25, -0.2) is 4.79 Å². The number of halogens is 3. The maximum Gasteiger partial charge on any atom is 0.573 e. The summed E-state index contributed by atoms with van der Waals surface area (Å²) in [6.07, 6.45) is -4.92. The van der Waals surface area contributed by atoms with Gasteiger partial charge in [-0.1, -0.05) is 18.2 Å². The molecular formula is C14H8F3NO5. The van der Waals surface area contributed by atoms with E-state index < -0.39 is 34.3 Å². The Morgan fingerprint density at radius 2 is 1.83 bits per heavy atom. The molecule has 120 valence electrons. The van der Waals surface area contributed by atoms with Gasteiger partial charge in [-0.15, -0.1) is 13.2 Å². The largest absolute Gasteiger partial charge is 0.573 e. The van der Waals surface area contributed by atoms with Crippen LogP contribution < -0.4 is 4.74 Å². The monoisotopic (exact) mass is 327 g/mol. The summed E-state index contributed by atoms with van der Waals surface area (Å²) in [6, 6.07) is 8.10. The highest BCUT2D eigenvalue weighted by Gasteiger charge is 2.32. The van der Waals surface area contributed by atoms with Crippen LogP contribution in [-0.4, -0.2) is 22.4 Å². The lowest BCUT2D eigenvalue weighted by molar-refractivity contribution is -0.385. The second-order valence-corrected chi connectivity index (χ2v) is 4.34. The molecule has 0 saturated carbocycles. The summed E-state index contributed by atoms with van der Waals surface area (Å²) in [4.78, 5) is 21.0. The molecule has 0 bridgehead atoms. The molecule has 2 rings (SSSR count). The lowest BCUT2D eigenvalue weighted by atomic mass is 10.0. The van der Waals surface area contributed by atoms with Crippen LogP contribution in [0, 0.1) is 10.1 Å².